The summed E-state index contributed by atoms with van der Waals surface area (Å²) in [6.45, 7) is 2.54. The summed E-state index contributed by atoms with van der Waals surface area (Å²) in [5.41, 5.74) is 6.03. The van der Waals surface area contributed by atoms with Gasteiger partial charge in [0.2, 0.25) is 10.0 Å². The molecular weight excluding hydrogens is 324 g/mol. The van der Waals surface area contributed by atoms with Crippen LogP contribution in [0.4, 0.5) is 0 Å². The second kappa shape index (κ2) is 6.65. The highest BCUT2D eigenvalue weighted by molar-refractivity contribution is 7.89. The largest absolute Gasteiger partial charge is 0.389 e. The highest BCUT2D eigenvalue weighted by Crippen LogP contribution is 2.23. The van der Waals surface area contributed by atoms with Crippen molar-refractivity contribution in [2.75, 3.05) is 6.54 Å². The Labute approximate surface area is 134 Å². The van der Waals surface area contributed by atoms with E-state index in [1.165, 1.54) is 15.6 Å². The van der Waals surface area contributed by atoms with Gasteiger partial charge in [-0.1, -0.05) is 43.4 Å². The summed E-state index contributed by atoms with van der Waals surface area (Å²) in [5, 5.41) is 1.93. The fourth-order valence-corrected chi connectivity index (χ4v) is 4.65. The molecule has 112 valence electrons. The molecule has 0 atom stereocenters. The molecule has 0 saturated carbocycles. The molecule has 0 radical (unpaired) electrons. The first-order valence-corrected chi connectivity index (χ1v) is 9.11. The Balaban J connectivity index is 2.42. The second-order valence-corrected chi connectivity index (χ2v) is 7.75. The monoisotopic (exact) mass is 340 g/mol. The molecule has 0 aliphatic heterocycles. The Kier molecular flexibility index (Phi) is 5.10. The molecule has 0 saturated heterocycles. The van der Waals surface area contributed by atoms with Crippen molar-refractivity contribution in [2.45, 2.75) is 18.4 Å². The first kappa shape index (κ1) is 16.1. The lowest BCUT2D eigenvalue weighted by atomic mass is 10.2. The van der Waals surface area contributed by atoms with Gasteiger partial charge in [-0.15, -0.1) is 11.3 Å². The Morgan fingerprint density at radius 1 is 1.29 bits per heavy atom. The van der Waals surface area contributed by atoms with Crippen molar-refractivity contribution in [1.82, 2.24) is 4.31 Å². The van der Waals surface area contributed by atoms with E-state index in [1.807, 2.05) is 24.4 Å². The van der Waals surface area contributed by atoms with Gasteiger partial charge in [0.05, 0.1) is 4.90 Å². The van der Waals surface area contributed by atoms with E-state index in [0.29, 0.717) is 18.7 Å². The average molecular weight is 340 g/mol. The SMILES string of the molecule is CCN(Cc1cccs1)S(=O)(=O)c1ccccc1C(N)=S. The minimum atomic E-state index is -3.63. The zero-order valence-electron chi connectivity index (χ0n) is 11.5. The molecule has 2 rings (SSSR count). The van der Waals surface area contributed by atoms with Crippen LogP contribution in [0.5, 0.6) is 0 Å². The van der Waals surface area contributed by atoms with E-state index < -0.39 is 10.0 Å². The molecule has 0 aliphatic rings. The third-order valence-electron chi connectivity index (χ3n) is 3.04. The fraction of sp³-hybridized carbons (Fsp3) is 0.214. The normalized spacial score (nSPS) is 11.7. The smallest absolute Gasteiger partial charge is 0.244 e. The van der Waals surface area contributed by atoms with Gasteiger partial charge >= 0.3 is 0 Å². The van der Waals surface area contributed by atoms with Crippen LogP contribution in [0.25, 0.3) is 0 Å². The van der Waals surface area contributed by atoms with Crippen molar-refractivity contribution in [1.29, 1.82) is 0 Å². The summed E-state index contributed by atoms with van der Waals surface area (Å²) in [4.78, 5) is 1.24. The van der Waals surface area contributed by atoms with Crippen molar-refractivity contribution in [3.8, 4) is 0 Å². The molecule has 21 heavy (non-hydrogen) atoms. The third kappa shape index (κ3) is 3.49. The fourth-order valence-electron chi connectivity index (χ4n) is 1.98. The molecular formula is C14H16N2O2S3. The van der Waals surface area contributed by atoms with Crippen LogP contribution in [0.15, 0.2) is 46.7 Å². The van der Waals surface area contributed by atoms with Gasteiger partial charge in [-0.3, -0.25) is 0 Å². The molecule has 0 aliphatic carbocycles. The molecule has 0 fully saturated rings. The van der Waals surface area contributed by atoms with E-state index >= 15 is 0 Å². The number of thiophene rings is 1. The molecule has 0 bridgehead atoms. The molecule has 1 heterocycles. The predicted molar refractivity (Wildman–Crippen MR) is 89.9 cm³/mol. The van der Waals surface area contributed by atoms with Crippen LogP contribution in [-0.2, 0) is 16.6 Å². The van der Waals surface area contributed by atoms with Crippen molar-refractivity contribution in [2.24, 2.45) is 5.73 Å². The van der Waals surface area contributed by atoms with Gasteiger partial charge in [0.15, 0.2) is 0 Å². The molecule has 2 N–H and O–H groups in total. The number of thiocarbonyl (C=S) groups is 1. The van der Waals surface area contributed by atoms with Gasteiger partial charge < -0.3 is 5.73 Å². The van der Waals surface area contributed by atoms with Crippen LogP contribution in [0.3, 0.4) is 0 Å². The molecule has 4 nitrogen and oxygen atoms in total. The van der Waals surface area contributed by atoms with Crippen molar-refractivity contribution in [3.05, 3.63) is 52.2 Å². The number of sulfonamides is 1. The molecule has 0 unspecified atom stereocenters. The van der Waals surface area contributed by atoms with Gasteiger partial charge in [0, 0.05) is 23.5 Å². The van der Waals surface area contributed by atoms with Crippen molar-refractivity contribution in [3.63, 3.8) is 0 Å². The summed E-state index contributed by atoms with van der Waals surface area (Å²) in [7, 11) is -3.63. The van der Waals surface area contributed by atoms with E-state index in [4.69, 9.17) is 18.0 Å². The van der Waals surface area contributed by atoms with E-state index in [2.05, 4.69) is 0 Å². The highest BCUT2D eigenvalue weighted by Gasteiger charge is 2.26. The predicted octanol–water partition coefficient (Wildman–Crippen LogP) is 2.59. The van der Waals surface area contributed by atoms with Crippen molar-refractivity contribution >= 4 is 38.6 Å². The maximum atomic E-state index is 12.8. The number of hydrogen-bond acceptors (Lipinski definition) is 4. The van der Waals surface area contributed by atoms with Crippen LogP contribution >= 0.6 is 23.6 Å². The zero-order valence-corrected chi connectivity index (χ0v) is 14.0. The third-order valence-corrected chi connectivity index (χ3v) is 6.10. The summed E-state index contributed by atoms with van der Waals surface area (Å²) in [6.07, 6.45) is 0. The van der Waals surface area contributed by atoms with Gasteiger partial charge in [-0.2, -0.15) is 4.31 Å². The van der Waals surface area contributed by atoms with E-state index in [1.54, 1.807) is 24.3 Å². The summed E-state index contributed by atoms with van der Waals surface area (Å²) >= 11 is 6.49. The zero-order chi connectivity index (χ0) is 15.5. The van der Waals surface area contributed by atoms with Gasteiger partial charge in [-0.25, -0.2) is 8.42 Å². The van der Waals surface area contributed by atoms with Gasteiger partial charge in [0.25, 0.3) is 0 Å². The van der Waals surface area contributed by atoms with Gasteiger partial charge in [0.1, 0.15) is 4.99 Å². The number of rotatable bonds is 6. The summed E-state index contributed by atoms with van der Waals surface area (Å²) in [6, 6.07) is 10.4. The first-order chi connectivity index (χ1) is 9.96. The number of nitrogens with zero attached hydrogens (tertiary/aromatic N) is 1. The van der Waals surface area contributed by atoms with Crippen LogP contribution in [0, 0.1) is 0 Å². The highest BCUT2D eigenvalue weighted by atomic mass is 32.2. The van der Waals surface area contributed by atoms with E-state index in [9.17, 15) is 8.42 Å². The number of hydrogen-bond donors (Lipinski definition) is 1. The topological polar surface area (TPSA) is 63.4 Å². The molecule has 2 aromatic rings. The van der Waals surface area contributed by atoms with Crippen LogP contribution < -0.4 is 5.73 Å². The molecule has 0 spiro atoms. The lowest BCUT2D eigenvalue weighted by Crippen LogP contribution is -2.31. The van der Waals surface area contributed by atoms with E-state index in [-0.39, 0.29) is 9.88 Å². The minimum Gasteiger partial charge on any atom is -0.389 e. The Morgan fingerprint density at radius 3 is 2.57 bits per heavy atom. The Bertz CT molecular complexity index is 724. The lowest BCUT2D eigenvalue weighted by Gasteiger charge is -2.21. The first-order valence-electron chi connectivity index (χ1n) is 6.38. The molecule has 7 heteroatoms. The quantitative estimate of drug-likeness (QED) is 0.821. The maximum absolute atomic E-state index is 12.8. The maximum Gasteiger partial charge on any atom is 0.244 e. The van der Waals surface area contributed by atoms with Gasteiger partial charge in [-0.05, 0) is 17.5 Å². The van der Waals surface area contributed by atoms with Crippen LogP contribution in [0.1, 0.15) is 17.4 Å². The standard InChI is InChI=1S/C14H16N2O2S3/c1-2-16(10-11-6-5-9-20-11)21(17,18)13-8-4-3-7-12(13)14(15)19/h3-9H,2,10H2,1H3,(H2,15,19). The molecule has 1 aromatic heterocycles. The van der Waals surface area contributed by atoms with E-state index in [0.717, 1.165) is 4.88 Å². The van der Waals surface area contributed by atoms with Crippen molar-refractivity contribution < 1.29 is 8.42 Å². The number of benzene rings is 1. The molecule has 1 aromatic carbocycles. The lowest BCUT2D eigenvalue weighted by molar-refractivity contribution is 0.426. The second-order valence-electron chi connectivity index (χ2n) is 4.37. The van der Waals surface area contributed by atoms with Crippen LogP contribution in [0.2, 0.25) is 0 Å². The summed E-state index contributed by atoms with van der Waals surface area (Å²) < 4.78 is 27.1. The Hall–Kier alpha value is -1.28. The Morgan fingerprint density at radius 2 is 2.00 bits per heavy atom. The van der Waals surface area contributed by atoms with Crippen LogP contribution in [-0.4, -0.2) is 24.3 Å². The number of nitrogens with two attached hydrogens (primary N) is 1. The minimum absolute atomic E-state index is 0.0846. The summed E-state index contributed by atoms with van der Waals surface area (Å²) in [5.74, 6) is 0. The average Bonchev–Trinajstić information content (AvgIpc) is 2.97. The molecule has 0 amide bonds.